The van der Waals surface area contributed by atoms with Crippen LogP contribution in [0, 0.1) is 0 Å². The monoisotopic (exact) mass is 803 g/mol. The highest BCUT2D eigenvalue weighted by molar-refractivity contribution is 6.25. The van der Waals surface area contributed by atoms with Crippen molar-refractivity contribution in [3.63, 3.8) is 0 Å². The van der Waals surface area contributed by atoms with Crippen molar-refractivity contribution in [2.75, 3.05) is 4.90 Å². The summed E-state index contributed by atoms with van der Waals surface area (Å²) >= 11 is 0. The predicted molar refractivity (Wildman–Crippen MR) is 265 cm³/mol. The van der Waals surface area contributed by atoms with E-state index in [-0.39, 0.29) is 0 Å². The Morgan fingerprint density at radius 3 is 1.68 bits per heavy atom. The van der Waals surface area contributed by atoms with Crippen LogP contribution in [0.25, 0.3) is 110 Å². The molecular formula is C60H37NO2. The van der Waals surface area contributed by atoms with Crippen LogP contribution in [-0.2, 0) is 0 Å². The fraction of sp³-hybridized carbons (Fsp3) is 0. The molecule has 63 heavy (non-hydrogen) atoms. The summed E-state index contributed by atoms with van der Waals surface area (Å²) in [6, 6.07) is 80.7. The first-order chi connectivity index (χ1) is 31.3. The Hall–Kier alpha value is -8.40. The molecule has 0 unspecified atom stereocenters. The molecule has 3 heteroatoms. The Labute approximate surface area is 363 Å². The fourth-order valence-electron chi connectivity index (χ4n) is 10.0. The first-order valence-electron chi connectivity index (χ1n) is 21.5. The van der Waals surface area contributed by atoms with E-state index < -0.39 is 0 Å². The molecule has 13 aromatic rings. The van der Waals surface area contributed by atoms with Gasteiger partial charge in [0.15, 0.2) is 0 Å². The van der Waals surface area contributed by atoms with Crippen LogP contribution < -0.4 is 4.90 Å². The molecule has 0 aliphatic heterocycles. The molecule has 0 radical (unpaired) electrons. The van der Waals surface area contributed by atoms with Gasteiger partial charge in [-0.1, -0.05) is 182 Å². The maximum Gasteiger partial charge on any atom is 0.143 e. The summed E-state index contributed by atoms with van der Waals surface area (Å²) in [5, 5.41) is 11.6. The molecule has 11 aromatic carbocycles. The summed E-state index contributed by atoms with van der Waals surface area (Å²) in [6.07, 6.45) is 0. The molecule has 0 saturated heterocycles. The van der Waals surface area contributed by atoms with Crippen LogP contribution in [0.1, 0.15) is 0 Å². The standard InChI is InChI=1S/C60H37NO2/c1-2-20-42-38(16-1)17-14-28-49(42)58-50-26-5-3-21-43(50)44-22-4-6-27-51(44)59(58)61(41-19-13-18-39(36-41)40-34-35-48-46-24-8-11-32-55(46)62-57(48)37-40)54-31-10-7-23-45(54)52-29-15-30-53-47-25-9-12-33-56(47)63-60(52)53/h1-37H. The van der Waals surface area contributed by atoms with Crippen LogP contribution in [0.2, 0.25) is 0 Å². The Bertz CT molecular complexity index is 3940. The number of anilines is 3. The van der Waals surface area contributed by atoms with Gasteiger partial charge in [-0.25, -0.2) is 0 Å². The van der Waals surface area contributed by atoms with Crippen LogP contribution >= 0.6 is 0 Å². The number of fused-ring (bicyclic) bond motifs is 10. The SMILES string of the molecule is c1cc(-c2ccc3c(c2)oc2ccccc23)cc(N(c2ccccc2-c2cccc3c2oc2ccccc23)c2c(-c3cccc4ccccc34)c3ccccc3c3ccccc23)c1. The van der Waals surface area contributed by atoms with Crippen molar-refractivity contribution in [1.82, 2.24) is 0 Å². The largest absolute Gasteiger partial charge is 0.456 e. The predicted octanol–water partition coefficient (Wildman–Crippen LogP) is 17.4. The van der Waals surface area contributed by atoms with Crippen molar-refractivity contribution in [2.24, 2.45) is 0 Å². The minimum atomic E-state index is 0.872. The van der Waals surface area contributed by atoms with E-state index in [0.717, 1.165) is 88.6 Å². The van der Waals surface area contributed by atoms with Crippen LogP contribution in [0.3, 0.4) is 0 Å². The average Bonchev–Trinajstić information content (AvgIpc) is 3.93. The lowest BCUT2D eigenvalue weighted by Crippen LogP contribution is -2.13. The zero-order valence-corrected chi connectivity index (χ0v) is 34.1. The highest BCUT2D eigenvalue weighted by atomic mass is 16.3. The second-order valence-corrected chi connectivity index (χ2v) is 16.3. The van der Waals surface area contributed by atoms with Gasteiger partial charge in [-0.3, -0.25) is 0 Å². The third-order valence-electron chi connectivity index (χ3n) is 12.8. The van der Waals surface area contributed by atoms with E-state index in [1.807, 2.05) is 18.2 Å². The lowest BCUT2D eigenvalue weighted by Gasteiger charge is -2.32. The molecule has 0 spiro atoms. The Kier molecular flexibility index (Phi) is 7.91. The maximum atomic E-state index is 6.76. The average molecular weight is 804 g/mol. The number of rotatable bonds is 6. The van der Waals surface area contributed by atoms with Gasteiger partial charge in [0.05, 0.1) is 11.4 Å². The van der Waals surface area contributed by atoms with Crippen LogP contribution in [0.4, 0.5) is 17.1 Å². The Balaban J connectivity index is 1.15. The van der Waals surface area contributed by atoms with Gasteiger partial charge in [-0.15, -0.1) is 0 Å². The van der Waals surface area contributed by atoms with E-state index in [1.54, 1.807) is 0 Å². The molecule has 3 nitrogen and oxygen atoms in total. The second kappa shape index (κ2) is 14.1. The number of hydrogen-bond donors (Lipinski definition) is 0. The number of nitrogens with zero attached hydrogens (tertiary/aromatic N) is 1. The zero-order valence-electron chi connectivity index (χ0n) is 34.1. The van der Waals surface area contributed by atoms with Gasteiger partial charge in [-0.2, -0.15) is 0 Å². The molecule has 2 aromatic heterocycles. The number of furan rings is 2. The quantitative estimate of drug-likeness (QED) is 0.157. The van der Waals surface area contributed by atoms with Gasteiger partial charge < -0.3 is 13.7 Å². The van der Waals surface area contributed by atoms with E-state index in [1.165, 1.54) is 38.1 Å². The minimum absolute atomic E-state index is 0.872. The summed E-state index contributed by atoms with van der Waals surface area (Å²) < 4.78 is 13.2. The number of para-hydroxylation sites is 4. The third-order valence-corrected chi connectivity index (χ3v) is 12.8. The molecule has 13 rings (SSSR count). The van der Waals surface area contributed by atoms with Gasteiger partial charge in [0.2, 0.25) is 0 Å². The van der Waals surface area contributed by atoms with Crippen molar-refractivity contribution in [1.29, 1.82) is 0 Å². The topological polar surface area (TPSA) is 29.5 Å². The maximum absolute atomic E-state index is 6.76. The van der Waals surface area contributed by atoms with Gasteiger partial charge in [0.1, 0.15) is 22.3 Å². The van der Waals surface area contributed by atoms with Crippen molar-refractivity contribution in [3.05, 3.63) is 224 Å². The summed E-state index contributed by atoms with van der Waals surface area (Å²) in [5.41, 5.74) is 13.3. The first kappa shape index (κ1) is 35.4. The smallest absolute Gasteiger partial charge is 0.143 e. The molecule has 2 heterocycles. The van der Waals surface area contributed by atoms with Gasteiger partial charge in [0, 0.05) is 49.3 Å². The van der Waals surface area contributed by atoms with E-state index >= 15 is 0 Å². The number of benzene rings is 11. The molecular weight excluding hydrogens is 767 g/mol. The molecule has 0 bridgehead atoms. The molecule has 294 valence electrons. The number of hydrogen-bond acceptors (Lipinski definition) is 3. The molecule has 0 fully saturated rings. The van der Waals surface area contributed by atoms with Gasteiger partial charge in [0.25, 0.3) is 0 Å². The van der Waals surface area contributed by atoms with Crippen molar-refractivity contribution in [3.8, 4) is 33.4 Å². The normalized spacial score (nSPS) is 11.8. The summed E-state index contributed by atoms with van der Waals surface area (Å²) in [5.74, 6) is 0. The van der Waals surface area contributed by atoms with Crippen LogP contribution in [0.15, 0.2) is 233 Å². The van der Waals surface area contributed by atoms with E-state index in [2.05, 4.69) is 211 Å². The van der Waals surface area contributed by atoms with Crippen LogP contribution in [0.5, 0.6) is 0 Å². The Morgan fingerprint density at radius 2 is 0.841 bits per heavy atom. The molecule has 0 aliphatic carbocycles. The van der Waals surface area contributed by atoms with Crippen LogP contribution in [-0.4, -0.2) is 0 Å². The minimum Gasteiger partial charge on any atom is -0.456 e. The molecule has 0 N–H and O–H groups in total. The summed E-state index contributed by atoms with van der Waals surface area (Å²) in [6.45, 7) is 0. The summed E-state index contributed by atoms with van der Waals surface area (Å²) in [7, 11) is 0. The third kappa shape index (κ3) is 5.53. The van der Waals surface area contributed by atoms with Crippen molar-refractivity contribution < 1.29 is 8.83 Å². The van der Waals surface area contributed by atoms with Crippen molar-refractivity contribution >= 4 is 93.3 Å². The highest BCUT2D eigenvalue weighted by Gasteiger charge is 2.27. The lowest BCUT2D eigenvalue weighted by molar-refractivity contribution is 0.669. The molecule has 0 aliphatic rings. The van der Waals surface area contributed by atoms with E-state index in [0.29, 0.717) is 0 Å². The van der Waals surface area contributed by atoms with E-state index in [9.17, 15) is 0 Å². The lowest BCUT2D eigenvalue weighted by atomic mass is 9.87. The first-order valence-corrected chi connectivity index (χ1v) is 21.5. The van der Waals surface area contributed by atoms with Gasteiger partial charge in [-0.05, 0) is 86.1 Å². The van der Waals surface area contributed by atoms with Gasteiger partial charge >= 0.3 is 0 Å². The molecule has 0 atom stereocenters. The second-order valence-electron chi connectivity index (χ2n) is 16.3. The Morgan fingerprint density at radius 1 is 0.302 bits per heavy atom. The highest BCUT2D eigenvalue weighted by Crippen LogP contribution is 2.53. The van der Waals surface area contributed by atoms with Crippen molar-refractivity contribution in [2.45, 2.75) is 0 Å². The fourth-order valence-corrected chi connectivity index (χ4v) is 10.0. The molecule has 0 saturated carbocycles. The summed E-state index contributed by atoms with van der Waals surface area (Å²) in [4.78, 5) is 2.51. The molecule has 0 amide bonds. The zero-order chi connectivity index (χ0) is 41.4. The van der Waals surface area contributed by atoms with E-state index in [4.69, 9.17) is 8.83 Å².